The van der Waals surface area contributed by atoms with E-state index in [1.54, 1.807) is 54.5 Å². The number of hydroxylamine groups is 2. The Morgan fingerprint density at radius 1 is 0.962 bits per heavy atom. The van der Waals surface area contributed by atoms with E-state index in [-0.39, 0.29) is 6.54 Å². The fourth-order valence-electron chi connectivity index (χ4n) is 1.57. The van der Waals surface area contributed by atoms with E-state index in [0.29, 0.717) is 19.4 Å². The molecule has 0 aromatic rings. The fraction of sp³-hybridized carbons (Fsp3) is 0.722. The van der Waals surface area contributed by atoms with Crippen LogP contribution in [-0.2, 0) is 23.8 Å². The monoisotopic (exact) mass is 373 g/mol. The summed E-state index contributed by atoms with van der Waals surface area (Å²) in [6.45, 7) is 12.3. The van der Waals surface area contributed by atoms with Crippen molar-refractivity contribution in [3.63, 3.8) is 0 Å². The largest absolute Gasteiger partial charge is 0.534 e. The number of carbonyl (C=O) groups is 3. The number of hydrogen-bond acceptors (Lipinski definition) is 7. The molecule has 8 nitrogen and oxygen atoms in total. The highest BCUT2D eigenvalue weighted by Gasteiger charge is 2.27. The predicted molar refractivity (Wildman–Crippen MR) is 95.3 cm³/mol. The number of nitrogens with zero attached hydrogens (tertiary/aromatic N) is 1. The van der Waals surface area contributed by atoms with Crippen molar-refractivity contribution in [1.82, 2.24) is 5.06 Å². The van der Waals surface area contributed by atoms with Gasteiger partial charge >= 0.3 is 18.2 Å². The lowest BCUT2D eigenvalue weighted by Crippen LogP contribution is -2.40. The van der Waals surface area contributed by atoms with Crippen molar-refractivity contribution in [2.75, 3.05) is 13.2 Å². The molecule has 150 valence electrons. The number of unbranched alkanes of at least 4 members (excludes halogenated alkanes) is 1. The van der Waals surface area contributed by atoms with Gasteiger partial charge in [0.05, 0.1) is 13.2 Å². The van der Waals surface area contributed by atoms with Gasteiger partial charge in [-0.25, -0.2) is 14.4 Å². The summed E-state index contributed by atoms with van der Waals surface area (Å²) in [5.41, 5.74) is -1.49. The third kappa shape index (κ3) is 13.1. The maximum Gasteiger partial charge on any atom is 0.534 e. The van der Waals surface area contributed by atoms with Gasteiger partial charge in [0.15, 0.2) is 0 Å². The predicted octanol–water partition coefficient (Wildman–Crippen LogP) is 3.99. The van der Waals surface area contributed by atoms with E-state index in [1.165, 1.54) is 6.08 Å². The van der Waals surface area contributed by atoms with Crippen LogP contribution < -0.4 is 0 Å². The molecule has 0 aromatic heterocycles. The Bertz CT molecular complexity index is 501. The Morgan fingerprint density at radius 2 is 1.54 bits per heavy atom. The Labute approximate surface area is 155 Å². The first-order valence-electron chi connectivity index (χ1n) is 8.59. The smallest absolute Gasteiger partial charge is 0.463 e. The number of ether oxygens (including phenoxy) is 3. The molecule has 0 heterocycles. The molecular formula is C18H31NO7. The maximum atomic E-state index is 12.2. The molecule has 0 radical (unpaired) electrons. The first-order valence-corrected chi connectivity index (χ1v) is 8.59. The second kappa shape index (κ2) is 10.7. The molecule has 0 bridgehead atoms. The van der Waals surface area contributed by atoms with E-state index in [4.69, 9.17) is 19.0 Å². The van der Waals surface area contributed by atoms with Gasteiger partial charge in [-0.1, -0.05) is 6.08 Å². The molecule has 0 aliphatic heterocycles. The van der Waals surface area contributed by atoms with Crippen molar-refractivity contribution in [2.24, 2.45) is 0 Å². The van der Waals surface area contributed by atoms with Gasteiger partial charge in [0.1, 0.15) is 11.2 Å². The van der Waals surface area contributed by atoms with Crippen LogP contribution in [0.5, 0.6) is 0 Å². The molecule has 0 saturated carbocycles. The minimum absolute atomic E-state index is 0.0846. The molecule has 26 heavy (non-hydrogen) atoms. The number of allylic oxidation sites excluding steroid dienone is 1. The van der Waals surface area contributed by atoms with E-state index < -0.39 is 29.4 Å². The van der Waals surface area contributed by atoms with E-state index in [9.17, 15) is 14.4 Å². The summed E-state index contributed by atoms with van der Waals surface area (Å²) in [5, 5.41) is 0.817. The summed E-state index contributed by atoms with van der Waals surface area (Å²) in [6.07, 6.45) is 2.07. The van der Waals surface area contributed by atoms with E-state index in [2.05, 4.69) is 0 Å². The summed E-state index contributed by atoms with van der Waals surface area (Å²) in [4.78, 5) is 40.2. The Balaban J connectivity index is 4.70. The van der Waals surface area contributed by atoms with Crippen molar-refractivity contribution in [3.8, 4) is 0 Å². The van der Waals surface area contributed by atoms with Crippen LogP contribution in [0, 0.1) is 0 Å². The zero-order valence-electron chi connectivity index (χ0n) is 16.8. The zero-order chi connectivity index (χ0) is 20.4. The van der Waals surface area contributed by atoms with Crippen molar-refractivity contribution in [2.45, 2.75) is 72.5 Å². The Hall–Kier alpha value is -2.25. The molecule has 0 saturated heterocycles. The zero-order valence-corrected chi connectivity index (χ0v) is 16.8. The first kappa shape index (κ1) is 23.8. The van der Waals surface area contributed by atoms with Crippen molar-refractivity contribution in [1.29, 1.82) is 0 Å². The maximum absolute atomic E-state index is 12.2. The van der Waals surface area contributed by atoms with E-state index in [0.717, 1.165) is 5.06 Å². The van der Waals surface area contributed by atoms with Gasteiger partial charge in [-0.05, 0) is 61.3 Å². The second-order valence-corrected chi connectivity index (χ2v) is 7.43. The van der Waals surface area contributed by atoms with Gasteiger partial charge in [-0.15, -0.1) is 5.06 Å². The van der Waals surface area contributed by atoms with Crippen LogP contribution in [0.1, 0.15) is 61.3 Å². The highest BCUT2D eigenvalue weighted by molar-refractivity contribution is 5.81. The van der Waals surface area contributed by atoms with Crippen LogP contribution in [0.25, 0.3) is 0 Å². The minimum atomic E-state index is -0.995. The van der Waals surface area contributed by atoms with Crippen LogP contribution in [0.4, 0.5) is 9.59 Å². The second-order valence-electron chi connectivity index (χ2n) is 7.43. The highest BCUT2D eigenvalue weighted by Crippen LogP contribution is 2.14. The van der Waals surface area contributed by atoms with Gasteiger partial charge in [-0.3, -0.25) is 0 Å². The average Bonchev–Trinajstić information content (AvgIpc) is 2.42. The third-order valence-corrected chi connectivity index (χ3v) is 2.44. The van der Waals surface area contributed by atoms with Gasteiger partial charge in [-0.2, -0.15) is 0 Å². The first-order chi connectivity index (χ1) is 11.8. The molecule has 0 spiro atoms. The summed E-state index contributed by atoms with van der Waals surface area (Å²) in [7, 11) is 0. The normalized spacial score (nSPS) is 11.8. The topological polar surface area (TPSA) is 91.4 Å². The Morgan fingerprint density at radius 3 is 2.04 bits per heavy atom. The van der Waals surface area contributed by atoms with E-state index in [1.807, 2.05) is 0 Å². The van der Waals surface area contributed by atoms with Crippen LogP contribution in [0.15, 0.2) is 12.2 Å². The highest BCUT2D eigenvalue weighted by atomic mass is 16.8. The quantitative estimate of drug-likeness (QED) is 0.228. The summed E-state index contributed by atoms with van der Waals surface area (Å²) in [6, 6.07) is 0. The average molecular weight is 373 g/mol. The lowest BCUT2D eigenvalue weighted by molar-refractivity contribution is -0.137. The van der Waals surface area contributed by atoms with Gasteiger partial charge < -0.3 is 19.0 Å². The van der Waals surface area contributed by atoms with Crippen LogP contribution >= 0.6 is 0 Å². The molecule has 0 rings (SSSR count). The number of rotatable bonds is 6. The van der Waals surface area contributed by atoms with Gasteiger partial charge in [0, 0.05) is 6.08 Å². The van der Waals surface area contributed by atoms with Gasteiger partial charge in [0.2, 0.25) is 0 Å². The molecule has 0 fully saturated rings. The molecule has 0 atom stereocenters. The Kier molecular flexibility index (Phi) is 9.75. The van der Waals surface area contributed by atoms with Crippen LogP contribution in [0.2, 0.25) is 0 Å². The lowest BCUT2D eigenvalue weighted by atomic mass is 10.2. The lowest BCUT2D eigenvalue weighted by Gasteiger charge is -2.27. The van der Waals surface area contributed by atoms with Crippen molar-refractivity contribution < 1.29 is 33.4 Å². The number of amides is 1. The van der Waals surface area contributed by atoms with Crippen LogP contribution in [-0.4, -0.2) is 47.6 Å². The molecule has 0 N–H and O–H groups in total. The molecule has 1 amide bonds. The van der Waals surface area contributed by atoms with Crippen LogP contribution in [0.3, 0.4) is 0 Å². The SMILES string of the molecule is CCOC(=O)/C=C\CCCN(OC(=O)OC(C)(C)C)C(=O)OC(C)(C)C. The summed E-state index contributed by atoms with van der Waals surface area (Å²) in [5.74, 6) is -0.429. The molecule has 0 unspecified atom stereocenters. The third-order valence-electron chi connectivity index (χ3n) is 2.44. The van der Waals surface area contributed by atoms with E-state index >= 15 is 0 Å². The van der Waals surface area contributed by atoms with Gasteiger partial charge in [0.25, 0.3) is 0 Å². The standard InChI is InChI=1S/C18H31NO7/c1-8-23-14(20)12-10-9-11-13-19(15(21)24-17(2,3)4)26-16(22)25-18(5,6)7/h10,12H,8-9,11,13H2,1-7H3/b12-10-. The summed E-state index contributed by atoms with van der Waals surface area (Å²) >= 11 is 0. The fourth-order valence-corrected chi connectivity index (χ4v) is 1.57. The minimum Gasteiger partial charge on any atom is -0.463 e. The summed E-state index contributed by atoms with van der Waals surface area (Å²) < 4.78 is 15.0. The molecule has 0 aromatic carbocycles. The molecular weight excluding hydrogens is 342 g/mol. The number of carbonyl (C=O) groups excluding carboxylic acids is 3. The van der Waals surface area contributed by atoms with Crippen molar-refractivity contribution in [3.05, 3.63) is 12.2 Å². The number of hydrogen-bond donors (Lipinski definition) is 0. The number of esters is 1. The molecule has 0 aliphatic carbocycles. The van der Waals surface area contributed by atoms with Crippen molar-refractivity contribution >= 4 is 18.2 Å². The molecule has 8 heteroatoms. The molecule has 0 aliphatic rings.